The van der Waals surface area contributed by atoms with Crippen LogP contribution < -0.4 is 10.1 Å². The quantitative estimate of drug-likeness (QED) is 0.223. The largest absolute Gasteiger partial charge is 0.497 e. The molecule has 1 aliphatic rings. The lowest BCUT2D eigenvalue weighted by atomic mass is 9.72. The SMILES string of the molecule is COC(=O)c1c(NC(=O)c2nn3c(C(F)(F)F)cc(-c4ccc(OC)cc4)nc3c2Br)sc2c1CC[C@@H](C(C)(C)C)C2. The van der Waals surface area contributed by atoms with Gasteiger partial charge in [0.05, 0.1) is 29.9 Å². The summed E-state index contributed by atoms with van der Waals surface area (Å²) in [6, 6.07) is 7.29. The number of alkyl halides is 3. The van der Waals surface area contributed by atoms with Crippen LogP contribution in [0.15, 0.2) is 34.8 Å². The van der Waals surface area contributed by atoms with Crippen molar-refractivity contribution in [3.63, 3.8) is 0 Å². The Hall–Kier alpha value is -3.45. The Bertz CT molecular complexity index is 1690. The zero-order valence-corrected chi connectivity index (χ0v) is 25.9. The maximum absolute atomic E-state index is 14.2. The summed E-state index contributed by atoms with van der Waals surface area (Å²) in [6.07, 6.45) is -2.52. The number of rotatable bonds is 5. The van der Waals surface area contributed by atoms with Gasteiger partial charge < -0.3 is 14.8 Å². The molecule has 0 saturated carbocycles. The number of carbonyl (C=O) groups excluding carboxylic acids is 2. The minimum absolute atomic E-state index is 0.0189. The number of halogens is 4. The maximum Gasteiger partial charge on any atom is 0.433 e. The number of methoxy groups -OCH3 is 2. The molecule has 1 atom stereocenters. The molecular weight excluding hydrogens is 637 g/mol. The molecule has 222 valence electrons. The molecule has 42 heavy (non-hydrogen) atoms. The van der Waals surface area contributed by atoms with Crippen LogP contribution in [0.25, 0.3) is 16.9 Å². The van der Waals surface area contributed by atoms with Gasteiger partial charge in [-0.2, -0.15) is 18.3 Å². The first-order valence-corrected chi connectivity index (χ1v) is 14.7. The first kappa shape index (κ1) is 30.0. The molecular formula is C29H28BrF3N4O4S. The second-order valence-electron chi connectivity index (χ2n) is 11.1. The van der Waals surface area contributed by atoms with Crippen molar-refractivity contribution in [1.29, 1.82) is 0 Å². The molecule has 0 fully saturated rings. The van der Waals surface area contributed by atoms with Crippen LogP contribution in [-0.4, -0.2) is 40.7 Å². The lowest BCUT2D eigenvalue weighted by Gasteiger charge is -2.33. The van der Waals surface area contributed by atoms with E-state index in [2.05, 4.69) is 52.1 Å². The van der Waals surface area contributed by atoms with Gasteiger partial charge in [0.25, 0.3) is 5.91 Å². The van der Waals surface area contributed by atoms with Crippen LogP contribution in [0.2, 0.25) is 0 Å². The second kappa shape index (κ2) is 11.0. The number of esters is 1. The van der Waals surface area contributed by atoms with Crippen molar-refractivity contribution in [2.45, 2.75) is 46.2 Å². The van der Waals surface area contributed by atoms with Crippen molar-refractivity contribution in [2.75, 3.05) is 19.5 Å². The lowest BCUT2D eigenvalue weighted by Crippen LogP contribution is -2.26. The van der Waals surface area contributed by atoms with E-state index in [-0.39, 0.29) is 37.5 Å². The van der Waals surface area contributed by atoms with Crippen molar-refractivity contribution in [3.8, 4) is 17.0 Å². The van der Waals surface area contributed by atoms with E-state index in [1.165, 1.54) is 25.6 Å². The van der Waals surface area contributed by atoms with E-state index in [0.717, 1.165) is 29.3 Å². The van der Waals surface area contributed by atoms with E-state index in [9.17, 15) is 22.8 Å². The Labute approximate surface area is 252 Å². The van der Waals surface area contributed by atoms with Gasteiger partial charge in [0, 0.05) is 10.4 Å². The molecule has 0 spiro atoms. The molecule has 0 unspecified atom stereocenters. The summed E-state index contributed by atoms with van der Waals surface area (Å²) in [7, 11) is 2.75. The molecule has 1 N–H and O–H groups in total. The average Bonchev–Trinajstić information content (AvgIpc) is 3.47. The van der Waals surface area contributed by atoms with Crippen LogP contribution in [-0.2, 0) is 23.8 Å². The van der Waals surface area contributed by atoms with E-state index in [0.29, 0.717) is 28.2 Å². The highest BCUT2D eigenvalue weighted by Crippen LogP contribution is 2.45. The van der Waals surface area contributed by atoms with Gasteiger partial charge in [-0.1, -0.05) is 20.8 Å². The third-order valence-electron chi connectivity index (χ3n) is 7.53. The van der Waals surface area contributed by atoms with Gasteiger partial charge in [-0.3, -0.25) is 4.79 Å². The first-order chi connectivity index (χ1) is 19.7. The van der Waals surface area contributed by atoms with Crippen molar-refractivity contribution in [2.24, 2.45) is 11.3 Å². The minimum Gasteiger partial charge on any atom is -0.497 e. The number of nitrogens with one attached hydrogen (secondary N) is 1. The summed E-state index contributed by atoms with van der Waals surface area (Å²) in [4.78, 5) is 31.7. The van der Waals surface area contributed by atoms with Crippen molar-refractivity contribution < 1.29 is 32.2 Å². The first-order valence-electron chi connectivity index (χ1n) is 13.1. The number of carbonyl (C=O) groups is 2. The molecule has 1 amide bonds. The molecule has 3 heterocycles. The van der Waals surface area contributed by atoms with Crippen molar-refractivity contribution in [1.82, 2.24) is 14.6 Å². The number of hydrogen-bond acceptors (Lipinski definition) is 7. The molecule has 0 radical (unpaired) electrons. The van der Waals surface area contributed by atoms with Crippen LogP contribution in [0.4, 0.5) is 18.2 Å². The van der Waals surface area contributed by atoms with Gasteiger partial charge in [0.1, 0.15) is 10.8 Å². The molecule has 4 aromatic rings. The Kier molecular flexibility index (Phi) is 7.86. The fraction of sp³-hybridized carbons (Fsp3) is 0.379. The van der Waals surface area contributed by atoms with Crippen molar-refractivity contribution in [3.05, 3.63) is 62.2 Å². The molecule has 13 heteroatoms. The number of thiophene rings is 1. The van der Waals surface area contributed by atoms with E-state index in [1.54, 1.807) is 24.3 Å². The predicted molar refractivity (Wildman–Crippen MR) is 156 cm³/mol. The monoisotopic (exact) mass is 664 g/mol. The van der Waals surface area contributed by atoms with Gasteiger partial charge in [0.15, 0.2) is 17.0 Å². The van der Waals surface area contributed by atoms with Crippen LogP contribution in [0.3, 0.4) is 0 Å². The van der Waals surface area contributed by atoms with Crippen LogP contribution in [0.1, 0.15) is 64.2 Å². The average molecular weight is 666 g/mol. The number of amides is 1. The van der Waals surface area contributed by atoms with Gasteiger partial charge in [-0.25, -0.2) is 14.3 Å². The summed E-state index contributed by atoms with van der Waals surface area (Å²) in [5, 5.41) is 7.00. The summed E-state index contributed by atoms with van der Waals surface area (Å²) in [6.45, 7) is 6.51. The molecule has 8 nitrogen and oxygen atoms in total. The van der Waals surface area contributed by atoms with Crippen LogP contribution in [0, 0.1) is 11.3 Å². The van der Waals surface area contributed by atoms with Gasteiger partial charge in [0.2, 0.25) is 0 Å². The van der Waals surface area contributed by atoms with Gasteiger partial charge >= 0.3 is 12.1 Å². The highest BCUT2D eigenvalue weighted by atomic mass is 79.9. The van der Waals surface area contributed by atoms with E-state index in [1.807, 2.05) is 0 Å². The second-order valence-corrected chi connectivity index (χ2v) is 13.0. The fourth-order valence-electron chi connectivity index (χ4n) is 5.14. The summed E-state index contributed by atoms with van der Waals surface area (Å²) in [5.41, 5.74) is 0.0259. The summed E-state index contributed by atoms with van der Waals surface area (Å²) < 4.78 is 53.3. The zero-order chi connectivity index (χ0) is 30.6. The summed E-state index contributed by atoms with van der Waals surface area (Å²) >= 11 is 4.54. The van der Waals surface area contributed by atoms with Gasteiger partial charge in [-0.05, 0) is 82.4 Å². The number of aromatic nitrogens is 3. The Morgan fingerprint density at radius 3 is 2.43 bits per heavy atom. The lowest BCUT2D eigenvalue weighted by molar-refractivity contribution is -0.142. The van der Waals surface area contributed by atoms with Gasteiger partial charge in [-0.15, -0.1) is 11.3 Å². The highest BCUT2D eigenvalue weighted by molar-refractivity contribution is 9.10. The number of ether oxygens (including phenoxy) is 2. The molecule has 3 aromatic heterocycles. The number of hydrogen-bond donors (Lipinski definition) is 1. The van der Waals surface area contributed by atoms with E-state index < -0.39 is 23.7 Å². The standard InChI is InChI=1S/C29H28BrF3N4O4S/c1-28(2,3)15-8-11-17-19(12-15)42-26(21(17)27(39)41-5)35-25(38)23-22(30)24-34-18(14-6-9-16(40-4)10-7-14)13-20(29(31,32)33)37(24)36-23/h6-7,9-10,13,15H,8,11-12H2,1-5H3,(H,35,38)/t15-/m1/s1. The molecule has 0 saturated heterocycles. The number of fused-ring (bicyclic) bond motifs is 2. The normalized spacial score (nSPS) is 15.4. The number of benzene rings is 1. The highest BCUT2D eigenvalue weighted by Gasteiger charge is 2.38. The maximum atomic E-state index is 14.2. The molecule has 0 aliphatic heterocycles. The van der Waals surface area contributed by atoms with E-state index >= 15 is 0 Å². The molecule has 0 bridgehead atoms. The van der Waals surface area contributed by atoms with Crippen LogP contribution in [0.5, 0.6) is 5.75 Å². The topological polar surface area (TPSA) is 94.8 Å². The molecule has 5 rings (SSSR count). The van der Waals surface area contributed by atoms with E-state index in [4.69, 9.17) is 9.47 Å². The fourth-order valence-corrected chi connectivity index (χ4v) is 6.97. The molecule has 1 aliphatic carbocycles. The Morgan fingerprint density at radius 1 is 1.14 bits per heavy atom. The summed E-state index contributed by atoms with van der Waals surface area (Å²) in [5.74, 6) is -0.452. The smallest absolute Gasteiger partial charge is 0.433 e. The number of anilines is 1. The third-order valence-corrected chi connectivity index (χ3v) is 9.43. The Morgan fingerprint density at radius 2 is 1.83 bits per heavy atom. The minimum atomic E-state index is -4.80. The van der Waals surface area contributed by atoms with Crippen LogP contribution >= 0.6 is 27.3 Å². The zero-order valence-electron chi connectivity index (χ0n) is 23.5. The van der Waals surface area contributed by atoms with Crippen molar-refractivity contribution >= 4 is 49.8 Å². The number of nitrogens with zero attached hydrogens (tertiary/aromatic N) is 3. The molecule has 1 aromatic carbocycles. The predicted octanol–water partition coefficient (Wildman–Crippen LogP) is 7.44. The Balaban J connectivity index is 1.56. The third kappa shape index (κ3) is 5.51.